The maximum Gasteiger partial charge on any atom is 0.162 e. The van der Waals surface area contributed by atoms with Crippen molar-refractivity contribution in [2.75, 3.05) is 0 Å². The van der Waals surface area contributed by atoms with Crippen molar-refractivity contribution in [2.24, 2.45) is 0 Å². The van der Waals surface area contributed by atoms with Crippen molar-refractivity contribution < 1.29 is 4.79 Å². The van der Waals surface area contributed by atoms with Crippen molar-refractivity contribution >= 4 is 16.6 Å². The summed E-state index contributed by atoms with van der Waals surface area (Å²) in [5, 5.41) is 2.32. The first-order valence-electron chi connectivity index (χ1n) is 6.33. The van der Waals surface area contributed by atoms with Gasteiger partial charge in [-0.1, -0.05) is 57.2 Å². The van der Waals surface area contributed by atoms with Crippen LogP contribution in [0.5, 0.6) is 0 Å². The van der Waals surface area contributed by atoms with Gasteiger partial charge in [-0.25, -0.2) is 0 Å². The third-order valence-electron chi connectivity index (χ3n) is 2.55. The largest absolute Gasteiger partial charge is 0.294 e. The Labute approximate surface area is 103 Å². The molecule has 0 radical (unpaired) electrons. The lowest BCUT2D eigenvalue weighted by molar-refractivity contribution is 0.0982. The van der Waals surface area contributed by atoms with Crippen molar-refractivity contribution in [1.82, 2.24) is 0 Å². The van der Waals surface area contributed by atoms with Gasteiger partial charge in [0.25, 0.3) is 0 Å². The first-order valence-corrected chi connectivity index (χ1v) is 6.33. The molecule has 0 saturated heterocycles. The van der Waals surface area contributed by atoms with Gasteiger partial charge in [0.1, 0.15) is 0 Å². The fraction of sp³-hybridized carbons (Fsp3) is 0.312. The zero-order chi connectivity index (χ0) is 12.7. The van der Waals surface area contributed by atoms with E-state index in [4.69, 9.17) is 0 Å². The third kappa shape index (κ3) is 3.42. The standard InChI is InChI=1S/C14H14O.C2H6/c1-2-5-14(15)13-9-8-11-6-3-4-7-12(11)10-13;1-2/h3-4,6-10H,2,5H2,1H3;1-2H3. The molecule has 1 heteroatoms. The molecule has 0 aliphatic heterocycles. The second kappa shape index (κ2) is 6.85. The maximum atomic E-state index is 11.7. The van der Waals surface area contributed by atoms with Crippen LogP contribution in [0.3, 0.4) is 0 Å². The average Bonchev–Trinajstić information content (AvgIpc) is 2.41. The molecule has 0 N–H and O–H groups in total. The summed E-state index contributed by atoms with van der Waals surface area (Å²) in [6.07, 6.45) is 1.55. The molecule has 0 aromatic heterocycles. The summed E-state index contributed by atoms with van der Waals surface area (Å²) in [7, 11) is 0. The third-order valence-corrected chi connectivity index (χ3v) is 2.55. The van der Waals surface area contributed by atoms with E-state index in [1.54, 1.807) is 0 Å². The van der Waals surface area contributed by atoms with Crippen molar-refractivity contribution in [2.45, 2.75) is 33.6 Å². The molecule has 17 heavy (non-hydrogen) atoms. The zero-order valence-corrected chi connectivity index (χ0v) is 10.9. The summed E-state index contributed by atoms with van der Waals surface area (Å²) < 4.78 is 0. The number of fused-ring (bicyclic) bond motifs is 1. The molecule has 2 rings (SSSR count). The Bertz CT molecular complexity index is 486. The van der Waals surface area contributed by atoms with Gasteiger partial charge in [0.15, 0.2) is 5.78 Å². The summed E-state index contributed by atoms with van der Waals surface area (Å²) in [5.41, 5.74) is 0.829. The molecule has 0 bridgehead atoms. The van der Waals surface area contributed by atoms with Crippen LogP contribution in [0.1, 0.15) is 44.0 Å². The van der Waals surface area contributed by atoms with Crippen LogP contribution in [0.25, 0.3) is 10.8 Å². The van der Waals surface area contributed by atoms with E-state index >= 15 is 0 Å². The number of hydrogen-bond donors (Lipinski definition) is 0. The van der Waals surface area contributed by atoms with Gasteiger partial charge in [-0.15, -0.1) is 0 Å². The fourth-order valence-electron chi connectivity index (χ4n) is 1.73. The molecule has 2 aromatic carbocycles. The maximum absolute atomic E-state index is 11.7. The van der Waals surface area contributed by atoms with Crippen LogP contribution < -0.4 is 0 Å². The first kappa shape index (κ1) is 13.4. The SMILES string of the molecule is CC.CCCC(=O)c1ccc2ccccc2c1. The molecule has 0 spiro atoms. The quantitative estimate of drug-likeness (QED) is 0.686. The summed E-state index contributed by atoms with van der Waals surface area (Å²) in [6, 6.07) is 14.0. The van der Waals surface area contributed by atoms with Crippen LogP contribution in [0.2, 0.25) is 0 Å². The number of hydrogen-bond acceptors (Lipinski definition) is 1. The van der Waals surface area contributed by atoms with Crippen molar-refractivity contribution in [3.63, 3.8) is 0 Å². The number of ketones is 1. The Kier molecular flexibility index (Phi) is 5.41. The number of Topliss-reactive ketones (excluding diaryl/α,β-unsaturated/α-hetero) is 1. The molecule has 0 aliphatic rings. The van der Waals surface area contributed by atoms with E-state index in [-0.39, 0.29) is 5.78 Å². The highest BCUT2D eigenvalue weighted by atomic mass is 16.1. The Morgan fingerprint density at radius 1 is 1.00 bits per heavy atom. The number of carbonyl (C=O) groups excluding carboxylic acids is 1. The molecule has 0 aliphatic carbocycles. The van der Waals surface area contributed by atoms with E-state index in [1.807, 2.05) is 57.2 Å². The van der Waals surface area contributed by atoms with Gasteiger partial charge >= 0.3 is 0 Å². The number of carbonyl (C=O) groups is 1. The molecule has 0 amide bonds. The Morgan fingerprint density at radius 3 is 2.29 bits per heavy atom. The second-order valence-electron chi connectivity index (χ2n) is 3.74. The topological polar surface area (TPSA) is 17.1 Å². The fourth-order valence-corrected chi connectivity index (χ4v) is 1.73. The van der Waals surface area contributed by atoms with Crippen molar-refractivity contribution in [3.05, 3.63) is 48.0 Å². The van der Waals surface area contributed by atoms with Gasteiger partial charge in [-0.3, -0.25) is 4.79 Å². The second-order valence-corrected chi connectivity index (χ2v) is 3.74. The minimum atomic E-state index is 0.239. The van der Waals surface area contributed by atoms with Gasteiger partial charge in [0, 0.05) is 12.0 Å². The van der Waals surface area contributed by atoms with Crippen molar-refractivity contribution in [1.29, 1.82) is 0 Å². The summed E-state index contributed by atoms with van der Waals surface area (Å²) in [4.78, 5) is 11.7. The van der Waals surface area contributed by atoms with Crippen LogP contribution in [0.4, 0.5) is 0 Å². The molecule has 0 unspecified atom stereocenters. The van der Waals surface area contributed by atoms with Crippen LogP contribution >= 0.6 is 0 Å². The highest BCUT2D eigenvalue weighted by Gasteiger charge is 2.04. The van der Waals surface area contributed by atoms with Gasteiger partial charge in [0.2, 0.25) is 0 Å². The van der Waals surface area contributed by atoms with Gasteiger partial charge in [0.05, 0.1) is 0 Å². The van der Waals surface area contributed by atoms with E-state index in [0.717, 1.165) is 17.4 Å². The normalized spacial score (nSPS) is 9.59. The van der Waals surface area contributed by atoms with Gasteiger partial charge in [-0.2, -0.15) is 0 Å². The number of benzene rings is 2. The average molecular weight is 228 g/mol. The lowest BCUT2D eigenvalue weighted by Gasteiger charge is -2.01. The zero-order valence-electron chi connectivity index (χ0n) is 10.9. The lowest BCUT2D eigenvalue weighted by atomic mass is 10.0. The number of rotatable bonds is 3. The Balaban J connectivity index is 0.000000686. The van der Waals surface area contributed by atoms with Gasteiger partial charge < -0.3 is 0 Å². The van der Waals surface area contributed by atoms with Crippen LogP contribution in [-0.4, -0.2) is 5.78 Å². The summed E-state index contributed by atoms with van der Waals surface area (Å²) in [5.74, 6) is 0.239. The van der Waals surface area contributed by atoms with Gasteiger partial charge in [-0.05, 0) is 23.3 Å². The molecule has 0 heterocycles. The minimum Gasteiger partial charge on any atom is -0.294 e. The molecule has 90 valence electrons. The Hall–Kier alpha value is -1.63. The summed E-state index contributed by atoms with van der Waals surface area (Å²) in [6.45, 7) is 6.03. The van der Waals surface area contributed by atoms with E-state index in [9.17, 15) is 4.79 Å². The molecule has 0 atom stereocenters. The predicted molar refractivity (Wildman–Crippen MR) is 74.5 cm³/mol. The molecule has 0 saturated carbocycles. The summed E-state index contributed by atoms with van der Waals surface area (Å²) >= 11 is 0. The van der Waals surface area contributed by atoms with Crippen LogP contribution in [-0.2, 0) is 0 Å². The first-order chi connectivity index (χ1) is 8.31. The molecule has 1 nitrogen and oxygen atoms in total. The van der Waals surface area contributed by atoms with Crippen molar-refractivity contribution in [3.8, 4) is 0 Å². The van der Waals surface area contributed by atoms with E-state index in [2.05, 4.69) is 6.07 Å². The minimum absolute atomic E-state index is 0.239. The monoisotopic (exact) mass is 228 g/mol. The Morgan fingerprint density at radius 2 is 1.65 bits per heavy atom. The molecular weight excluding hydrogens is 208 g/mol. The lowest BCUT2D eigenvalue weighted by Crippen LogP contribution is -1.97. The smallest absolute Gasteiger partial charge is 0.162 e. The molecule has 0 fully saturated rings. The molecule has 2 aromatic rings. The van der Waals surface area contributed by atoms with Crippen LogP contribution in [0, 0.1) is 0 Å². The predicted octanol–water partition coefficient (Wildman–Crippen LogP) is 4.85. The highest BCUT2D eigenvalue weighted by Crippen LogP contribution is 2.16. The molecular formula is C16H20O. The van der Waals surface area contributed by atoms with E-state index in [1.165, 1.54) is 5.39 Å². The highest BCUT2D eigenvalue weighted by molar-refractivity contribution is 5.99. The van der Waals surface area contributed by atoms with Crippen LogP contribution in [0.15, 0.2) is 42.5 Å². The van der Waals surface area contributed by atoms with E-state index in [0.29, 0.717) is 6.42 Å². The van der Waals surface area contributed by atoms with E-state index < -0.39 is 0 Å².